The second kappa shape index (κ2) is 7.05. The molecule has 1 aromatic carbocycles. The van der Waals surface area contributed by atoms with Crippen molar-refractivity contribution in [3.63, 3.8) is 0 Å². The quantitative estimate of drug-likeness (QED) is 0.810. The van der Waals surface area contributed by atoms with Crippen LogP contribution in [0.1, 0.15) is 44.0 Å². The minimum atomic E-state index is -0.528. The molecule has 6 heteroatoms. The summed E-state index contributed by atoms with van der Waals surface area (Å²) in [4.78, 5) is 23.8. The van der Waals surface area contributed by atoms with Gasteiger partial charge >= 0.3 is 0 Å². The maximum absolute atomic E-state index is 12.2. The molecule has 1 saturated carbocycles. The molecular formula is C18H20N2O3S. The Balaban J connectivity index is 1.64. The number of ether oxygens (including phenoxy) is 1. The average molecular weight is 344 g/mol. The standard InChI is InChI=1S/C18H20N2O3S/c1-11-2-5-13(15(6-11)23-9-12-3-4-12)8-20-18(22)16-7-14(10-24-16)17(19)21/h2,5-7,10,12H,3-4,8-9H2,1H3,(H2,19,21)(H,20,22). The van der Waals surface area contributed by atoms with Gasteiger partial charge in [-0.1, -0.05) is 12.1 Å². The van der Waals surface area contributed by atoms with Crippen LogP contribution in [0.2, 0.25) is 0 Å². The van der Waals surface area contributed by atoms with Gasteiger partial charge in [0.2, 0.25) is 5.91 Å². The van der Waals surface area contributed by atoms with Gasteiger partial charge in [0.25, 0.3) is 5.91 Å². The molecule has 126 valence electrons. The monoisotopic (exact) mass is 344 g/mol. The fourth-order valence-corrected chi connectivity index (χ4v) is 3.09. The lowest BCUT2D eigenvalue weighted by atomic mass is 10.1. The molecule has 3 N–H and O–H groups in total. The molecule has 2 amide bonds. The van der Waals surface area contributed by atoms with E-state index in [1.807, 2.05) is 25.1 Å². The zero-order chi connectivity index (χ0) is 17.1. The third-order valence-electron chi connectivity index (χ3n) is 3.94. The Bertz CT molecular complexity index is 765. The smallest absolute Gasteiger partial charge is 0.261 e. The van der Waals surface area contributed by atoms with Crippen molar-refractivity contribution in [1.82, 2.24) is 5.32 Å². The van der Waals surface area contributed by atoms with Crippen molar-refractivity contribution in [2.45, 2.75) is 26.3 Å². The second-order valence-electron chi connectivity index (χ2n) is 6.11. The predicted octanol–water partition coefficient (Wildman–Crippen LogP) is 2.87. The van der Waals surface area contributed by atoms with Crippen LogP contribution < -0.4 is 15.8 Å². The van der Waals surface area contributed by atoms with E-state index in [-0.39, 0.29) is 5.91 Å². The number of benzene rings is 1. The number of aryl methyl sites for hydroxylation is 1. The summed E-state index contributed by atoms with van der Waals surface area (Å²) in [7, 11) is 0. The number of carbonyl (C=O) groups is 2. The first kappa shape index (κ1) is 16.5. The van der Waals surface area contributed by atoms with Crippen LogP contribution in [0, 0.1) is 12.8 Å². The van der Waals surface area contributed by atoms with Crippen LogP contribution in [0.15, 0.2) is 29.6 Å². The van der Waals surface area contributed by atoms with Crippen molar-refractivity contribution < 1.29 is 14.3 Å². The lowest BCUT2D eigenvalue weighted by molar-refractivity contribution is 0.0954. The molecule has 0 aliphatic heterocycles. The summed E-state index contributed by atoms with van der Waals surface area (Å²) in [5, 5.41) is 4.46. The highest BCUT2D eigenvalue weighted by molar-refractivity contribution is 7.12. The Labute approximate surface area is 144 Å². The van der Waals surface area contributed by atoms with Crippen molar-refractivity contribution in [2.24, 2.45) is 11.7 Å². The third kappa shape index (κ3) is 4.14. The summed E-state index contributed by atoms with van der Waals surface area (Å²) >= 11 is 1.21. The van der Waals surface area contributed by atoms with E-state index >= 15 is 0 Å². The lowest BCUT2D eigenvalue weighted by Gasteiger charge is -2.13. The van der Waals surface area contributed by atoms with E-state index in [1.165, 1.54) is 30.2 Å². The fourth-order valence-electron chi connectivity index (χ4n) is 2.28. The van der Waals surface area contributed by atoms with E-state index in [0.29, 0.717) is 22.9 Å². The second-order valence-corrected chi connectivity index (χ2v) is 7.02. The van der Waals surface area contributed by atoms with Crippen molar-refractivity contribution in [1.29, 1.82) is 0 Å². The summed E-state index contributed by atoms with van der Waals surface area (Å²) in [6, 6.07) is 7.49. The van der Waals surface area contributed by atoms with Gasteiger partial charge in [-0.3, -0.25) is 9.59 Å². The number of primary amides is 1. The van der Waals surface area contributed by atoms with E-state index in [1.54, 1.807) is 5.38 Å². The maximum atomic E-state index is 12.2. The highest BCUT2D eigenvalue weighted by Gasteiger charge is 2.22. The molecule has 2 aromatic rings. The van der Waals surface area contributed by atoms with Crippen molar-refractivity contribution >= 4 is 23.2 Å². The molecule has 0 atom stereocenters. The summed E-state index contributed by atoms with van der Waals surface area (Å²) in [5.74, 6) is 0.748. The number of rotatable bonds is 7. The zero-order valence-electron chi connectivity index (χ0n) is 13.5. The van der Waals surface area contributed by atoms with E-state index in [9.17, 15) is 9.59 Å². The van der Waals surface area contributed by atoms with E-state index in [0.717, 1.165) is 23.5 Å². The first-order chi connectivity index (χ1) is 11.5. The minimum Gasteiger partial charge on any atom is -0.493 e. The first-order valence-electron chi connectivity index (χ1n) is 7.92. The van der Waals surface area contributed by atoms with Crippen LogP contribution in [-0.2, 0) is 6.54 Å². The van der Waals surface area contributed by atoms with Crippen molar-refractivity contribution in [3.05, 3.63) is 51.2 Å². The highest BCUT2D eigenvalue weighted by atomic mass is 32.1. The molecule has 1 fully saturated rings. The van der Waals surface area contributed by atoms with E-state index in [2.05, 4.69) is 5.32 Å². The summed E-state index contributed by atoms with van der Waals surface area (Å²) < 4.78 is 5.91. The minimum absolute atomic E-state index is 0.221. The van der Waals surface area contributed by atoms with Gasteiger partial charge in [0.05, 0.1) is 17.0 Å². The van der Waals surface area contributed by atoms with Crippen LogP contribution in [0.5, 0.6) is 5.75 Å². The molecule has 1 aromatic heterocycles. The number of hydrogen-bond donors (Lipinski definition) is 2. The van der Waals surface area contributed by atoms with E-state index < -0.39 is 5.91 Å². The Hall–Kier alpha value is -2.34. The summed E-state index contributed by atoms with van der Waals surface area (Å²) in [6.07, 6.45) is 2.47. The molecular weight excluding hydrogens is 324 g/mol. The topological polar surface area (TPSA) is 81.4 Å². The lowest BCUT2D eigenvalue weighted by Crippen LogP contribution is -2.22. The molecule has 0 radical (unpaired) electrons. The van der Waals surface area contributed by atoms with Gasteiger partial charge < -0.3 is 15.8 Å². The average Bonchev–Trinajstić information content (AvgIpc) is 3.24. The number of amides is 2. The molecule has 1 heterocycles. The SMILES string of the molecule is Cc1ccc(CNC(=O)c2cc(C(N)=O)cs2)c(OCC2CC2)c1. The fraction of sp³-hybridized carbons (Fsp3) is 0.333. The van der Waals surface area contributed by atoms with Crippen LogP contribution in [0.25, 0.3) is 0 Å². The van der Waals surface area contributed by atoms with Gasteiger partial charge in [0.1, 0.15) is 5.75 Å². The summed E-state index contributed by atoms with van der Waals surface area (Å²) in [6.45, 7) is 3.13. The molecule has 3 rings (SSSR count). The van der Waals surface area contributed by atoms with Gasteiger partial charge in [-0.25, -0.2) is 0 Å². The van der Waals surface area contributed by atoms with Gasteiger partial charge in [0.15, 0.2) is 0 Å². The number of thiophene rings is 1. The van der Waals surface area contributed by atoms with Gasteiger partial charge in [0, 0.05) is 17.5 Å². The molecule has 1 aliphatic carbocycles. The van der Waals surface area contributed by atoms with Gasteiger partial charge in [-0.2, -0.15) is 0 Å². The highest BCUT2D eigenvalue weighted by Crippen LogP contribution is 2.30. The molecule has 1 aliphatic rings. The van der Waals surface area contributed by atoms with Crippen LogP contribution in [0.4, 0.5) is 0 Å². The molecule has 0 saturated heterocycles. The zero-order valence-corrected chi connectivity index (χ0v) is 14.3. The van der Waals surface area contributed by atoms with Crippen molar-refractivity contribution in [2.75, 3.05) is 6.61 Å². The number of nitrogens with one attached hydrogen (secondary N) is 1. The third-order valence-corrected chi connectivity index (χ3v) is 4.87. The first-order valence-corrected chi connectivity index (χ1v) is 8.80. The van der Waals surface area contributed by atoms with Crippen LogP contribution in [-0.4, -0.2) is 18.4 Å². The molecule has 0 spiro atoms. The Kier molecular flexibility index (Phi) is 4.85. The summed E-state index contributed by atoms with van der Waals surface area (Å²) in [5.41, 5.74) is 7.63. The Morgan fingerprint density at radius 1 is 1.33 bits per heavy atom. The molecule has 0 unspecified atom stereocenters. The predicted molar refractivity (Wildman–Crippen MR) is 93.4 cm³/mol. The van der Waals surface area contributed by atoms with E-state index in [4.69, 9.17) is 10.5 Å². The number of nitrogens with two attached hydrogens (primary N) is 1. The van der Waals surface area contributed by atoms with Gasteiger partial charge in [-0.15, -0.1) is 11.3 Å². The molecule has 0 bridgehead atoms. The largest absolute Gasteiger partial charge is 0.493 e. The Morgan fingerprint density at radius 3 is 2.79 bits per heavy atom. The molecule has 24 heavy (non-hydrogen) atoms. The number of hydrogen-bond acceptors (Lipinski definition) is 4. The Morgan fingerprint density at radius 2 is 2.12 bits per heavy atom. The molecule has 5 nitrogen and oxygen atoms in total. The van der Waals surface area contributed by atoms with Crippen LogP contribution >= 0.6 is 11.3 Å². The van der Waals surface area contributed by atoms with Crippen molar-refractivity contribution in [3.8, 4) is 5.75 Å². The van der Waals surface area contributed by atoms with Crippen LogP contribution in [0.3, 0.4) is 0 Å². The maximum Gasteiger partial charge on any atom is 0.261 e. The van der Waals surface area contributed by atoms with Gasteiger partial charge in [-0.05, 0) is 43.4 Å². The number of carbonyl (C=O) groups excluding carboxylic acids is 2. The normalized spacial score (nSPS) is 13.5.